The normalized spacial score (nSPS) is 13.3. The van der Waals surface area contributed by atoms with Crippen LogP contribution >= 0.6 is 11.3 Å². The largest absolute Gasteiger partial charge is 0.406 e. The molecule has 0 atom stereocenters. The van der Waals surface area contributed by atoms with Gasteiger partial charge in [-0.15, -0.1) is 21.5 Å². The molecule has 1 aromatic heterocycles. The fraction of sp³-hybridized carbons (Fsp3) is 0.778. The number of nitrogens with zero attached hydrogens (tertiary/aromatic N) is 2. The highest BCUT2D eigenvalue weighted by Gasteiger charge is 2.59. The second-order valence-corrected chi connectivity index (χ2v) is 4.85. The molecule has 0 aliphatic carbocycles. The monoisotopic (exact) mass is 307 g/mol. The second kappa shape index (κ2) is 6.04. The van der Waals surface area contributed by atoms with Crippen LogP contribution in [-0.4, -0.2) is 36.1 Å². The van der Waals surface area contributed by atoms with Crippen molar-refractivity contribution in [3.8, 4) is 0 Å². The Morgan fingerprint density at radius 2 is 1.68 bits per heavy atom. The lowest BCUT2D eigenvalue weighted by molar-refractivity contribution is -0.253. The molecule has 0 fully saturated rings. The average Bonchev–Trinajstić information content (AvgIpc) is 2.62. The first-order valence-electron chi connectivity index (χ1n) is 5.26. The van der Waals surface area contributed by atoms with Crippen molar-refractivity contribution in [2.45, 2.75) is 31.1 Å². The maximum Gasteiger partial charge on any atom is 0.406 e. The second-order valence-electron chi connectivity index (χ2n) is 3.76. The lowest BCUT2D eigenvalue weighted by atomic mass is 10.1. The molecule has 0 bridgehead atoms. The van der Waals surface area contributed by atoms with Crippen molar-refractivity contribution in [2.75, 3.05) is 13.6 Å². The Kier molecular flexibility index (Phi) is 5.13. The first-order chi connectivity index (χ1) is 8.66. The smallest absolute Gasteiger partial charge is 0.320 e. The van der Waals surface area contributed by atoms with Gasteiger partial charge in [-0.1, -0.05) is 0 Å². The zero-order valence-electron chi connectivity index (χ0n) is 9.77. The topological polar surface area (TPSA) is 37.8 Å². The molecule has 0 aromatic carbocycles. The van der Waals surface area contributed by atoms with Crippen molar-refractivity contribution in [3.63, 3.8) is 0 Å². The molecule has 0 aliphatic rings. The van der Waals surface area contributed by atoms with E-state index in [0.29, 0.717) is 30.7 Å². The molecule has 1 rings (SSSR count). The Hall–Kier alpha value is -0.900. The number of aromatic nitrogens is 2. The standard InChI is InChI=1S/C9H11F6N3S/c1-16-4-2-3-5-17-18-7(19-5)6(8(10,11)12)9(13,14)15/h6,16H,2-4H2,1H3. The number of nitrogens with one attached hydrogen (secondary N) is 1. The van der Waals surface area contributed by atoms with Crippen LogP contribution in [0.4, 0.5) is 26.3 Å². The molecule has 110 valence electrons. The number of halogens is 6. The number of hydrogen-bond acceptors (Lipinski definition) is 4. The van der Waals surface area contributed by atoms with E-state index >= 15 is 0 Å². The molecule has 0 radical (unpaired) electrons. The van der Waals surface area contributed by atoms with Crippen LogP contribution in [0.5, 0.6) is 0 Å². The molecule has 0 saturated heterocycles. The highest BCUT2D eigenvalue weighted by atomic mass is 32.1. The summed E-state index contributed by atoms with van der Waals surface area (Å²) >= 11 is 0.355. The van der Waals surface area contributed by atoms with E-state index in [4.69, 9.17) is 0 Å². The fourth-order valence-corrected chi connectivity index (χ4v) is 2.40. The van der Waals surface area contributed by atoms with Gasteiger partial charge < -0.3 is 5.32 Å². The molecule has 0 aliphatic heterocycles. The van der Waals surface area contributed by atoms with Gasteiger partial charge >= 0.3 is 12.4 Å². The Morgan fingerprint density at radius 3 is 2.16 bits per heavy atom. The van der Waals surface area contributed by atoms with Crippen molar-refractivity contribution in [1.29, 1.82) is 0 Å². The number of aryl methyl sites for hydroxylation is 1. The van der Waals surface area contributed by atoms with Gasteiger partial charge in [-0.05, 0) is 20.0 Å². The third-order valence-corrected chi connectivity index (χ3v) is 3.25. The minimum Gasteiger partial charge on any atom is -0.320 e. The zero-order chi connectivity index (χ0) is 14.7. The molecule has 0 unspecified atom stereocenters. The molecule has 1 N–H and O–H groups in total. The first kappa shape index (κ1) is 16.2. The SMILES string of the molecule is CNCCCc1nnc(C(C(F)(F)F)C(F)(F)F)s1. The van der Waals surface area contributed by atoms with Crippen molar-refractivity contribution in [2.24, 2.45) is 0 Å². The van der Waals surface area contributed by atoms with Crippen LogP contribution in [0.2, 0.25) is 0 Å². The maximum absolute atomic E-state index is 12.4. The van der Waals surface area contributed by atoms with Gasteiger partial charge in [0.05, 0.1) is 0 Å². The van der Waals surface area contributed by atoms with Crippen molar-refractivity contribution < 1.29 is 26.3 Å². The van der Waals surface area contributed by atoms with Crippen molar-refractivity contribution >= 4 is 11.3 Å². The van der Waals surface area contributed by atoms with Gasteiger partial charge in [-0.25, -0.2) is 0 Å². The summed E-state index contributed by atoms with van der Waals surface area (Å²) in [5.74, 6) is -3.56. The Morgan fingerprint density at radius 1 is 1.11 bits per heavy atom. The lowest BCUT2D eigenvalue weighted by Crippen LogP contribution is -2.34. The van der Waals surface area contributed by atoms with Crippen LogP contribution in [0.25, 0.3) is 0 Å². The van der Waals surface area contributed by atoms with Gasteiger partial charge in [0.25, 0.3) is 0 Å². The summed E-state index contributed by atoms with van der Waals surface area (Å²) in [5.41, 5.74) is 0. The van der Waals surface area contributed by atoms with E-state index in [1.54, 1.807) is 7.05 Å². The quantitative estimate of drug-likeness (QED) is 0.671. The fourth-order valence-electron chi connectivity index (χ4n) is 1.37. The predicted octanol–water partition coefficient (Wildman–Crippen LogP) is 2.90. The maximum atomic E-state index is 12.4. The molecule has 10 heteroatoms. The van der Waals surface area contributed by atoms with E-state index in [1.807, 2.05) is 0 Å². The van der Waals surface area contributed by atoms with Crippen LogP contribution < -0.4 is 5.32 Å². The third-order valence-electron chi connectivity index (χ3n) is 2.20. The van der Waals surface area contributed by atoms with E-state index in [2.05, 4.69) is 15.5 Å². The Balaban J connectivity index is 2.87. The highest BCUT2D eigenvalue weighted by molar-refractivity contribution is 7.11. The minimum absolute atomic E-state index is 0.170. The predicted molar refractivity (Wildman–Crippen MR) is 57.0 cm³/mol. The molecule has 1 heterocycles. The van der Waals surface area contributed by atoms with Crippen molar-refractivity contribution in [1.82, 2.24) is 15.5 Å². The Labute approximate surface area is 109 Å². The van der Waals surface area contributed by atoms with E-state index in [9.17, 15) is 26.3 Å². The molecule has 0 spiro atoms. The number of hydrogen-bond donors (Lipinski definition) is 1. The van der Waals surface area contributed by atoms with Gasteiger partial charge in [0, 0.05) is 6.42 Å². The first-order valence-corrected chi connectivity index (χ1v) is 6.08. The van der Waals surface area contributed by atoms with Crippen LogP contribution in [0.3, 0.4) is 0 Å². The molecule has 1 aromatic rings. The molecule has 0 saturated carbocycles. The Bertz CT molecular complexity index is 385. The van der Waals surface area contributed by atoms with E-state index < -0.39 is 23.3 Å². The third kappa shape index (κ3) is 4.60. The van der Waals surface area contributed by atoms with E-state index in [-0.39, 0.29) is 5.01 Å². The van der Waals surface area contributed by atoms with Gasteiger partial charge in [0.1, 0.15) is 10.0 Å². The van der Waals surface area contributed by atoms with Gasteiger partial charge in [-0.2, -0.15) is 26.3 Å². The summed E-state index contributed by atoms with van der Waals surface area (Å²) in [6.07, 6.45) is -9.98. The van der Waals surface area contributed by atoms with Crippen molar-refractivity contribution in [3.05, 3.63) is 10.0 Å². The summed E-state index contributed by atoms with van der Waals surface area (Å²) in [6.45, 7) is 0.594. The van der Waals surface area contributed by atoms with Gasteiger partial charge in [-0.3, -0.25) is 0 Å². The lowest BCUT2D eigenvalue weighted by Gasteiger charge is -2.20. The summed E-state index contributed by atoms with van der Waals surface area (Å²) in [7, 11) is 1.69. The zero-order valence-corrected chi connectivity index (χ0v) is 10.6. The summed E-state index contributed by atoms with van der Waals surface area (Å²) < 4.78 is 74.6. The van der Waals surface area contributed by atoms with Crippen LogP contribution in [0.1, 0.15) is 22.4 Å². The van der Waals surface area contributed by atoms with Crippen LogP contribution in [0.15, 0.2) is 0 Å². The van der Waals surface area contributed by atoms with Gasteiger partial charge in [0.2, 0.25) is 5.92 Å². The van der Waals surface area contributed by atoms with Crippen LogP contribution in [-0.2, 0) is 6.42 Å². The highest BCUT2D eigenvalue weighted by Crippen LogP contribution is 2.46. The summed E-state index contributed by atoms with van der Waals surface area (Å²) in [4.78, 5) is 0. The van der Waals surface area contributed by atoms with E-state index in [1.165, 1.54) is 0 Å². The summed E-state index contributed by atoms with van der Waals surface area (Å²) in [6, 6.07) is 0. The molecule has 0 amide bonds. The molecule has 19 heavy (non-hydrogen) atoms. The average molecular weight is 307 g/mol. The van der Waals surface area contributed by atoms with Crippen LogP contribution in [0, 0.1) is 0 Å². The van der Waals surface area contributed by atoms with Gasteiger partial charge in [0.15, 0.2) is 0 Å². The minimum atomic E-state index is -5.42. The molecular weight excluding hydrogens is 296 g/mol. The molecular formula is C9H11F6N3S. The number of alkyl halides is 6. The molecule has 3 nitrogen and oxygen atoms in total. The summed E-state index contributed by atoms with van der Waals surface area (Å²) in [5, 5.41) is 8.34. The number of rotatable bonds is 5. The van der Waals surface area contributed by atoms with E-state index in [0.717, 1.165) is 0 Å².